The lowest BCUT2D eigenvalue weighted by Gasteiger charge is -2.47. The summed E-state index contributed by atoms with van der Waals surface area (Å²) in [6.07, 6.45) is 1.76. The fourth-order valence-corrected chi connectivity index (χ4v) is 3.10. The van der Waals surface area contributed by atoms with E-state index < -0.39 is 0 Å². The molecule has 1 saturated carbocycles. The topological polar surface area (TPSA) is 70.1 Å². The van der Waals surface area contributed by atoms with Gasteiger partial charge < -0.3 is 10.6 Å². The van der Waals surface area contributed by atoms with E-state index >= 15 is 0 Å². The van der Waals surface area contributed by atoms with Crippen molar-refractivity contribution >= 4 is 5.91 Å². The molecule has 1 rings (SSSR count). The number of carbonyl (C=O) groups is 1. The van der Waals surface area contributed by atoms with Gasteiger partial charge in [0, 0.05) is 25.6 Å². The van der Waals surface area contributed by atoms with Crippen molar-refractivity contribution in [3.63, 3.8) is 0 Å². The maximum atomic E-state index is 12.6. The molecule has 4 atom stereocenters. The van der Waals surface area contributed by atoms with E-state index in [0.717, 1.165) is 12.8 Å². The number of nitrogens with two attached hydrogens (primary N) is 1. The van der Waals surface area contributed by atoms with Crippen LogP contribution in [0.1, 0.15) is 40.5 Å². The number of amides is 1. The van der Waals surface area contributed by atoms with Crippen molar-refractivity contribution in [1.29, 1.82) is 5.26 Å². The first-order valence-corrected chi connectivity index (χ1v) is 7.12. The maximum absolute atomic E-state index is 12.6. The average molecular weight is 265 g/mol. The summed E-state index contributed by atoms with van der Waals surface area (Å²) in [7, 11) is 1.80. The normalized spacial score (nSPS) is 31.3. The average Bonchev–Trinajstić information content (AvgIpc) is 2.35. The van der Waals surface area contributed by atoms with Gasteiger partial charge in [0.2, 0.25) is 5.91 Å². The molecule has 1 aliphatic rings. The van der Waals surface area contributed by atoms with E-state index in [9.17, 15) is 4.79 Å². The molecule has 0 radical (unpaired) electrons. The summed E-state index contributed by atoms with van der Waals surface area (Å²) < 4.78 is 0. The van der Waals surface area contributed by atoms with Gasteiger partial charge in [-0.25, -0.2) is 0 Å². The van der Waals surface area contributed by atoms with Crippen LogP contribution in [0, 0.1) is 34.5 Å². The van der Waals surface area contributed by atoms with Crippen molar-refractivity contribution in [2.24, 2.45) is 28.9 Å². The summed E-state index contributed by atoms with van der Waals surface area (Å²) >= 11 is 0. The predicted molar refractivity (Wildman–Crippen MR) is 76.1 cm³/mol. The zero-order valence-corrected chi connectivity index (χ0v) is 12.8. The monoisotopic (exact) mass is 265 g/mol. The lowest BCUT2D eigenvalue weighted by atomic mass is 9.60. The molecule has 108 valence electrons. The minimum absolute atomic E-state index is 0.0122. The third kappa shape index (κ3) is 3.27. The molecule has 0 saturated heterocycles. The zero-order valence-electron chi connectivity index (χ0n) is 12.8. The van der Waals surface area contributed by atoms with E-state index in [1.54, 1.807) is 11.9 Å². The van der Waals surface area contributed by atoms with E-state index in [2.05, 4.69) is 26.8 Å². The first kappa shape index (κ1) is 16.0. The van der Waals surface area contributed by atoms with Crippen molar-refractivity contribution in [2.75, 3.05) is 13.6 Å². The van der Waals surface area contributed by atoms with Crippen LogP contribution in [0.2, 0.25) is 0 Å². The molecule has 4 nitrogen and oxygen atoms in total. The minimum atomic E-state index is -0.125. The van der Waals surface area contributed by atoms with E-state index in [0.29, 0.717) is 12.5 Å². The van der Waals surface area contributed by atoms with E-state index in [1.165, 1.54) is 0 Å². The molecule has 1 amide bonds. The van der Waals surface area contributed by atoms with Crippen molar-refractivity contribution in [2.45, 2.75) is 46.6 Å². The van der Waals surface area contributed by atoms with Crippen molar-refractivity contribution in [1.82, 2.24) is 4.90 Å². The van der Waals surface area contributed by atoms with Crippen LogP contribution in [0.5, 0.6) is 0 Å². The minimum Gasteiger partial charge on any atom is -0.344 e. The molecule has 2 N–H and O–H groups in total. The highest BCUT2D eigenvalue weighted by molar-refractivity contribution is 5.79. The molecule has 0 aromatic rings. The molecule has 0 aromatic carbocycles. The molecule has 4 unspecified atom stereocenters. The summed E-state index contributed by atoms with van der Waals surface area (Å²) in [5.41, 5.74) is 6.04. The summed E-state index contributed by atoms with van der Waals surface area (Å²) in [6, 6.07) is 2.36. The molecule has 0 spiro atoms. The molecule has 0 aliphatic heterocycles. The number of rotatable bonds is 3. The molecule has 19 heavy (non-hydrogen) atoms. The van der Waals surface area contributed by atoms with E-state index in [1.807, 2.05) is 6.92 Å². The Bertz CT molecular complexity index is 372. The van der Waals surface area contributed by atoms with Gasteiger partial charge in [-0.05, 0) is 31.1 Å². The van der Waals surface area contributed by atoms with Gasteiger partial charge in [-0.1, -0.05) is 20.8 Å². The number of hydrogen-bond donors (Lipinski definition) is 1. The fourth-order valence-electron chi connectivity index (χ4n) is 3.10. The molecule has 0 bridgehead atoms. The van der Waals surface area contributed by atoms with Crippen LogP contribution in [-0.4, -0.2) is 30.4 Å². The Kier molecular flexibility index (Phi) is 4.98. The van der Waals surface area contributed by atoms with Crippen LogP contribution in [0.15, 0.2) is 0 Å². The number of hydrogen-bond acceptors (Lipinski definition) is 3. The Hall–Kier alpha value is -1.08. The second-order valence-corrected chi connectivity index (χ2v) is 6.65. The highest BCUT2D eigenvalue weighted by Crippen LogP contribution is 2.45. The first-order valence-electron chi connectivity index (χ1n) is 7.12. The van der Waals surface area contributed by atoms with Crippen LogP contribution < -0.4 is 5.73 Å². The number of carbonyl (C=O) groups excluding carboxylic acids is 1. The summed E-state index contributed by atoms with van der Waals surface area (Å²) in [4.78, 5) is 14.3. The molecule has 1 fully saturated rings. The molecule has 0 heterocycles. The maximum Gasteiger partial charge on any atom is 0.226 e. The summed E-state index contributed by atoms with van der Waals surface area (Å²) in [6.45, 7) is 8.76. The zero-order chi connectivity index (χ0) is 14.8. The molecule has 1 aliphatic carbocycles. The Morgan fingerprint density at radius 3 is 2.63 bits per heavy atom. The van der Waals surface area contributed by atoms with Crippen molar-refractivity contribution in [3.05, 3.63) is 0 Å². The number of nitriles is 1. The first-order chi connectivity index (χ1) is 8.71. The Balaban J connectivity index is 2.79. The summed E-state index contributed by atoms with van der Waals surface area (Å²) in [5.74, 6) is 0.376. The van der Waals surface area contributed by atoms with Crippen LogP contribution in [-0.2, 0) is 4.79 Å². The Labute approximate surface area is 116 Å². The predicted octanol–water partition coefficient (Wildman–Crippen LogP) is 2.00. The summed E-state index contributed by atoms with van der Waals surface area (Å²) in [5, 5.41) is 8.85. The van der Waals surface area contributed by atoms with E-state index in [-0.39, 0.29) is 29.2 Å². The standard InChI is InChI=1S/C15H27N3O/c1-10(8-16)9-18(5)14(19)12-6-7-13(17)11(2)15(12,3)4/h10-13H,6-7,9,17H2,1-5H3. The van der Waals surface area contributed by atoms with Gasteiger partial charge in [0.05, 0.1) is 12.0 Å². The van der Waals surface area contributed by atoms with E-state index in [4.69, 9.17) is 11.0 Å². The number of nitrogens with zero attached hydrogens (tertiary/aromatic N) is 2. The van der Waals surface area contributed by atoms with Crippen LogP contribution in [0.3, 0.4) is 0 Å². The highest BCUT2D eigenvalue weighted by Gasteiger charge is 2.45. The highest BCUT2D eigenvalue weighted by atomic mass is 16.2. The SMILES string of the molecule is CC(C#N)CN(C)C(=O)C1CCC(N)C(C)C1(C)C. The van der Waals surface area contributed by atoms with Crippen LogP contribution >= 0.6 is 0 Å². The second kappa shape index (κ2) is 5.92. The van der Waals surface area contributed by atoms with Crippen LogP contribution in [0.25, 0.3) is 0 Å². The van der Waals surface area contributed by atoms with Gasteiger partial charge in [-0.15, -0.1) is 0 Å². The molecular formula is C15H27N3O. The molecule has 4 heteroatoms. The third-order valence-corrected chi connectivity index (χ3v) is 4.95. The largest absolute Gasteiger partial charge is 0.344 e. The third-order valence-electron chi connectivity index (χ3n) is 4.95. The fraction of sp³-hybridized carbons (Fsp3) is 0.867. The quantitative estimate of drug-likeness (QED) is 0.848. The van der Waals surface area contributed by atoms with Crippen LogP contribution in [0.4, 0.5) is 0 Å². The second-order valence-electron chi connectivity index (χ2n) is 6.65. The van der Waals surface area contributed by atoms with Crippen molar-refractivity contribution in [3.8, 4) is 6.07 Å². The van der Waals surface area contributed by atoms with Gasteiger partial charge in [-0.2, -0.15) is 5.26 Å². The Morgan fingerprint density at radius 1 is 1.53 bits per heavy atom. The Morgan fingerprint density at radius 2 is 2.11 bits per heavy atom. The van der Waals surface area contributed by atoms with Gasteiger partial charge in [0.1, 0.15) is 0 Å². The van der Waals surface area contributed by atoms with Gasteiger partial charge in [0.25, 0.3) is 0 Å². The lowest BCUT2D eigenvalue weighted by molar-refractivity contribution is -0.142. The molecular weight excluding hydrogens is 238 g/mol. The molecule has 0 aromatic heterocycles. The van der Waals surface area contributed by atoms with Crippen molar-refractivity contribution < 1.29 is 4.79 Å². The van der Waals surface area contributed by atoms with Gasteiger partial charge >= 0.3 is 0 Å². The lowest BCUT2D eigenvalue weighted by Crippen LogP contribution is -2.52. The van der Waals surface area contributed by atoms with Gasteiger partial charge in [0.15, 0.2) is 0 Å². The smallest absolute Gasteiger partial charge is 0.226 e. The van der Waals surface area contributed by atoms with Gasteiger partial charge in [-0.3, -0.25) is 4.79 Å².